The fourth-order valence-electron chi connectivity index (χ4n) is 4.01. The van der Waals surface area contributed by atoms with Crippen molar-refractivity contribution in [3.05, 3.63) is 11.6 Å². The number of hydrogen-bond acceptors (Lipinski definition) is 3. The summed E-state index contributed by atoms with van der Waals surface area (Å²) >= 11 is 0. The third-order valence-corrected chi connectivity index (χ3v) is 5.99. The molecule has 0 spiro atoms. The zero-order valence-electron chi connectivity index (χ0n) is 17.6. The van der Waals surface area contributed by atoms with Crippen molar-refractivity contribution in [1.82, 2.24) is 0 Å². The smallest absolute Gasteiger partial charge is 0.306 e. The van der Waals surface area contributed by atoms with E-state index in [1.54, 1.807) is 0 Å². The zero-order valence-corrected chi connectivity index (χ0v) is 17.6. The number of unbranched alkanes of at least 4 members (excludes halogenated alkanes) is 1. The van der Waals surface area contributed by atoms with Gasteiger partial charge in [-0.05, 0) is 37.5 Å². The number of carboxylic acids is 1. The highest BCUT2D eigenvalue weighted by Gasteiger charge is 2.41. The van der Waals surface area contributed by atoms with E-state index in [4.69, 9.17) is 14.9 Å². The highest BCUT2D eigenvalue weighted by atomic mass is 17.2. The van der Waals surface area contributed by atoms with E-state index in [2.05, 4.69) is 40.7 Å². The number of rotatable bonds is 12. The summed E-state index contributed by atoms with van der Waals surface area (Å²) in [6.45, 7) is 11.0. The van der Waals surface area contributed by atoms with Crippen LogP contribution in [0.1, 0.15) is 98.8 Å². The molecule has 4 heteroatoms. The van der Waals surface area contributed by atoms with Gasteiger partial charge in [-0.25, -0.2) is 9.78 Å². The van der Waals surface area contributed by atoms with E-state index < -0.39 is 11.6 Å². The van der Waals surface area contributed by atoms with Gasteiger partial charge in [-0.2, -0.15) is 0 Å². The monoisotopic (exact) mass is 368 g/mol. The van der Waals surface area contributed by atoms with Crippen LogP contribution in [0.25, 0.3) is 0 Å². The second-order valence-corrected chi connectivity index (χ2v) is 7.88. The minimum absolute atomic E-state index is 0.0115. The van der Waals surface area contributed by atoms with Gasteiger partial charge in [-0.15, -0.1) is 0 Å². The first-order valence-electron chi connectivity index (χ1n) is 10.7. The number of allylic oxidation sites excluding steroid dienone is 1. The molecule has 0 amide bonds. The molecule has 1 N–H and O–H groups in total. The molecule has 1 heterocycles. The van der Waals surface area contributed by atoms with Crippen LogP contribution in [-0.4, -0.2) is 22.8 Å². The van der Waals surface area contributed by atoms with Crippen molar-refractivity contribution < 1.29 is 19.7 Å². The molecule has 0 radical (unpaired) electrons. The van der Waals surface area contributed by atoms with Crippen molar-refractivity contribution in [3.63, 3.8) is 0 Å². The van der Waals surface area contributed by atoms with Crippen LogP contribution in [0.2, 0.25) is 0 Å². The highest BCUT2D eigenvalue weighted by Crippen LogP contribution is 2.39. The van der Waals surface area contributed by atoms with Gasteiger partial charge in [0.15, 0.2) is 0 Å². The summed E-state index contributed by atoms with van der Waals surface area (Å²) in [5.74, 6) is 0.130. The van der Waals surface area contributed by atoms with Crippen LogP contribution in [0.5, 0.6) is 0 Å². The number of hydrogen-bond donors (Lipinski definition) is 1. The Morgan fingerprint density at radius 3 is 2.50 bits per heavy atom. The maximum absolute atomic E-state index is 11.1. The quantitative estimate of drug-likeness (QED) is 0.324. The molecule has 0 saturated carbocycles. The van der Waals surface area contributed by atoms with Gasteiger partial charge in [0, 0.05) is 0 Å². The molecule has 4 nitrogen and oxygen atoms in total. The molecule has 0 unspecified atom stereocenters. The fourth-order valence-corrected chi connectivity index (χ4v) is 4.01. The molecule has 1 aliphatic rings. The molecule has 0 aliphatic carbocycles. The second-order valence-electron chi connectivity index (χ2n) is 7.88. The lowest BCUT2D eigenvalue weighted by Gasteiger charge is -2.41. The molecule has 1 saturated heterocycles. The zero-order chi connectivity index (χ0) is 19.6. The molecular weight excluding hydrogens is 328 g/mol. The summed E-state index contributed by atoms with van der Waals surface area (Å²) < 4.78 is 0. The Morgan fingerprint density at radius 2 is 2.00 bits per heavy atom. The first-order chi connectivity index (χ1) is 12.4. The topological polar surface area (TPSA) is 55.8 Å². The van der Waals surface area contributed by atoms with Crippen LogP contribution in [0, 0.1) is 11.8 Å². The summed E-state index contributed by atoms with van der Waals surface area (Å²) in [5, 5.41) is 9.10. The number of carbonyl (C=O) groups is 1. The van der Waals surface area contributed by atoms with E-state index in [9.17, 15) is 4.79 Å². The third-order valence-electron chi connectivity index (χ3n) is 5.99. The lowest BCUT2D eigenvalue weighted by atomic mass is 9.79. The highest BCUT2D eigenvalue weighted by molar-refractivity contribution is 5.67. The summed E-state index contributed by atoms with van der Waals surface area (Å²) in [4.78, 5) is 22.5. The van der Waals surface area contributed by atoms with Crippen LogP contribution in [-0.2, 0) is 14.6 Å². The van der Waals surface area contributed by atoms with Crippen LogP contribution >= 0.6 is 0 Å². The molecule has 1 fully saturated rings. The van der Waals surface area contributed by atoms with Crippen molar-refractivity contribution in [2.75, 3.05) is 0 Å². The van der Waals surface area contributed by atoms with Crippen LogP contribution < -0.4 is 0 Å². The molecule has 152 valence electrons. The van der Waals surface area contributed by atoms with Gasteiger partial charge < -0.3 is 5.11 Å². The SMILES string of the molecule is CCCC[C@H](CC)C/C(=C/[C@]1(CC)C[C@@H](CC)[C@H](CC(=O)O)OO1)CC. The van der Waals surface area contributed by atoms with Gasteiger partial charge in [0.05, 0.1) is 6.42 Å². The Bertz CT molecular complexity index is 445. The Morgan fingerprint density at radius 1 is 1.27 bits per heavy atom. The largest absolute Gasteiger partial charge is 0.481 e. The first kappa shape index (κ1) is 23.2. The predicted molar refractivity (Wildman–Crippen MR) is 106 cm³/mol. The van der Waals surface area contributed by atoms with Crippen molar-refractivity contribution in [2.24, 2.45) is 11.8 Å². The molecule has 0 aromatic rings. The summed E-state index contributed by atoms with van der Waals surface area (Å²) in [6, 6.07) is 0. The Balaban J connectivity index is 2.89. The Hall–Kier alpha value is -0.870. The Labute approximate surface area is 160 Å². The summed E-state index contributed by atoms with van der Waals surface area (Å²) in [6.07, 6.45) is 11.8. The molecule has 4 atom stereocenters. The normalized spacial score (nSPS) is 28.1. The van der Waals surface area contributed by atoms with Gasteiger partial charge in [0.25, 0.3) is 0 Å². The van der Waals surface area contributed by atoms with Gasteiger partial charge in [-0.1, -0.05) is 78.4 Å². The van der Waals surface area contributed by atoms with E-state index in [1.165, 1.54) is 31.3 Å². The molecule has 1 rings (SSSR count). The van der Waals surface area contributed by atoms with E-state index in [0.717, 1.165) is 38.0 Å². The van der Waals surface area contributed by atoms with Crippen molar-refractivity contribution in [3.8, 4) is 0 Å². The summed E-state index contributed by atoms with van der Waals surface area (Å²) in [5.41, 5.74) is 1.04. The van der Waals surface area contributed by atoms with Crippen LogP contribution in [0.3, 0.4) is 0 Å². The molecule has 26 heavy (non-hydrogen) atoms. The van der Waals surface area contributed by atoms with Crippen LogP contribution in [0.4, 0.5) is 0 Å². The van der Waals surface area contributed by atoms with E-state index in [-0.39, 0.29) is 18.4 Å². The first-order valence-corrected chi connectivity index (χ1v) is 10.7. The summed E-state index contributed by atoms with van der Waals surface area (Å²) in [7, 11) is 0. The van der Waals surface area contributed by atoms with Gasteiger partial charge in [-0.3, -0.25) is 4.79 Å². The number of aliphatic carboxylic acids is 1. The second kappa shape index (κ2) is 11.8. The third kappa shape index (κ3) is 7.03. The van der Waals surface area contributed by atoms with Gasteiger partial charge in [0.2, 0.25) is 0 Å². The minimum Gasteiger partial charge on any atom is -0.481 e. The van der Waals surface area contributed by atoms with E-state index >= 15 is 0 Å². The average Bonchev–Trinajstić information content (AvgIpc) is 2.65. The van der Waals surface area contributed by atoms with Crippen molar-refractivity contribution in [1.29, 1.82) is 0 Å². The predicted octanol–water partition coefficient (Wildman–Crippen LogP) is 6.30. The molecule has 0 aromatic heterocycles. The standard InChI is InChI=1S/C22H40O4/c1-6-11-12-17(7-2)13-18(8-3)15-22(10-5)16-19(9-4)20(25-26-22)14-21(23)24/h15,17,19-20H,6-14,16H2,1-5H3,(H,23,24)/b18-15+/t17-,19+,20-,22+/m0/s1. The van der Waals surface area contributed by atoms with E-state index in [0.29, 0.717) is 0 Å². The minimum atomic E-state index is -0.826. The maximum atomic E-state index is 11.1. The Kier molecular flexibility index (Phi) is 10.5. The fraction of sp³-hybridized carbons (Fsp3) is 0.864. The maximum Gasteiger partial charge on any atom is 0.306 e. The molecule has 1 aliphatic heterocycles. The average molecular weight is 369 g/mol. The van der Waals surface area contributed by atoms with E-state index in [1.807, 2.05) is 0 Å². The van der Waals surface area contributed by atoms with Gasteiger partial charge >= 0.3 is 5.97 Å². The van der Waals surface area contributed by atoms with Crippen molar-refractivity contribution >= 4 is 5.97 Å². The number of carboxylic acid groups (broad SMARTS) is 1. The molecular formula is C22H40O4. The van der Waals surface area contributed by atoms with Crippen LogP contribution in [0.15, 0.2) is 11.6 Å². The molecule has 0 aromatic carbocycles. The lowest BCUT2D eigenvalue weighted by molar-refractivity contribution is -0.409. The van der Waals surface area contributed by atoms with Crippen molar-refractivity contribution in [2.45, 2.75) is 111 Å². The van der Waals surface area contributed by atoms with Gasteiger partial charge in [0.1, 0.15) is 11.7 Å². The molecule has 0 bridgehead atoms. The lowest BCUT2D eigenvalue weighted by Crippen LogP contribution is -2.44.